The Morgan fingerprint density at radius 2 is 2.17 bits per heavy atom. The Balaban J connectivity index is 2.43. The van der Waals surface area contributed by atoms with Gasteiger partial charge in [0, 0.05) is 18.5 Å². The lowest BCUT2D eigenvalue weighted by Crippen LogP contribution is -2.15. The van der Waals surface area contributed by atoms with Gasteiger partial charge in [0.2, 0.25) is 0 Å². The van der Waals surface area contributed by atoms with Crippen molar-refractivity contribution in [1.82, 2.24) is 4.98 Å². The first-order valence-corrected chi connectivity index (χ1v) is 6.19. The minimum absolute atomic E-state index is 0.129. The molecule has 0 amide bonds. The molecule has 0 fully saturated rings. The van der Waals surface area contributed by atoms with Crippen LogP contribution in [0, 0.1) is 5.92 Å². The van der Waals surface area contributed by atoms with Gasteiger partial charge in [-0.15, -0.1) is 0 Å². The van der Waals surface area contributed by atoms with Crippen LogP contribution in [0.3, 0.4) is 0 Å². The quantitative estimate of drug-likeness (QED) is 0.743. The average Bonchev–Trinajstić information content (AvgIpc) is 2.39. The fourth-order valence-electron chi connectivity index (χ4n) is 1.73. The molecule has 5 heteroatoms. The zero-order valence-corrected chi connectivity index (χ0v) is 10.9. The summed E-state index contributed by atoms with van der Waals surface area (Å²) >= 11 is 6.02. The Morgan fingerprint density at radius 1 is 1.44 bits per heavy atom. The second-order valence-electron chi connectivity index (χ2n) is 4.38. The van der Waals surface area contributed by atoms with Gasteiger partial charge in [0.1, 0.15) is 0 Å². The van der Waals surface area contributed by atoms with E-state index in [0.717, 1.165) is 16.6 Å². The van der Waals surface area contributed by atoms with E-state index in [1.807, 2.05) is 31.2 Å². The van der Waals surface area contributed by atoms with E-state index in [4.69, 9.17) is 22.4 Å². The summed E-state index contributed by atoms with van der Waals surface area (Å²) in [5.41, 5.74) is 7.99. The summed E-state index contributed by atoms with van der Waals surface area (Å²) in [5, 5.41) is 13.5. The molecule has 2 aromatic rings. The Kier molecular flexibility index (Phi) is 3.89. The Bertz CT molecular complexity index is 559. The third-order valence-corrected chi connectivity index (χ3v) is 3.11. The molecule has 0 spiro atoms. The molecule has 0 saturated carbocycles. The smallest absolute Gasteiger partial charge is 0.154 e. The number of anilines is 2. The maximum absolute atomic E-state index is 9.04. The molecule has 96 valence electrons. The number of halogens is 1. The summed E-state index contributed by atoms with van der Waals surface area (Å²) < 4.78 is 0. The van der Waals surface area contributed by atoms with Gasteiger partial charge in [-0.3, -0.25) is 0 Å². The molecule has 4 nitrogen and oxygen atoms in total. The molecule has 1 heterocycles. The number of para-hydroxylation sites is 1. The maximum Gasteiger partial charge on any atom is 0.154 e. The van der Waals surface area contributed by atoms with Gasteiger partial charge >= 0.3 is 0 Å². The zero-order chi connectivity index (χ0) is 13.1. The number of rotatable bonds is 4. The topological polar surface area (TPSA) is 71.2 Å². The normalized spacial score (nSPS) is 12.6. The fraction of sp³-hybridized carbons (Fsp3) is 0.308. The van der Waals surface area contributed by atoms with Crippen LogP contribution in [0.2, 0.25) is 5.15 Å². The number of pyridine rings is 1. The number of aliphatic hydroxyl groups excluding tert-OH is 1. The molecule has 0 aliphatic carbocycles. The third-order valence-electron chi connectivity index (χ3n) is 2.82. The van der Waals surface area contributed by atoms with Crippen LogP contribution >= 0.6 is 11.6 Å². The first kappa shape index (κ1) is 12.9. The lowest BCUT2D eigenvalue weighted by molar-refractivity contribution is 0.244. The molecular formula is C13H16ClN3O. The molecule has 18 heavy (non-hydrogen) atoms. The zero-order valence-electron chi connectivity index (χ0n) is 10.2. The molecule has 2 rings (SSSR count). The number of hydrogen-bond acceptors (Lipinski definition) is 4. The monoisotopic (exact) mass is 265 g/mol. The average molecular weight is 266 g/mol. The van der Waals surface area contributed by atoms with Crippen LogP contribution < -0.4 is 11.1 Å². The molecule has 0 saturated heterocycles. The maximum atomic E-state index is 9.04. The van der Waals surface area contributed by atoms with E-state index in [2.05, 4.69) is 10.3 Å². The van der Waals surface area contributed by atoms with Crippen molar-refractivity contribution >= 4 is 33.9 Å². The van der Waals surface area contributed by atoms with Crippen molar-refractivity contribution in [2.45, 2.75) is 6.92 Å². The van der Waals surface area contributed by atoms with E-state index >= 15 is 0 Å². The Morgan fingerprint density at radius 3 is 2.89 bits per heavy atom. The summed E-state index contributed by atoms with van der Waals surface area (Å²) in [7, 11) is 0. The first-order valence-electron chi connectivity index (χ1n) is 5.82. The van der Waals surface area contributed by atoms with Crippen LogP contribution in [0.25, 0.3) is 10.9 Å². The number of benzene rings is 1. The summed E-state index contributed by atoms with van der Waals surface area (Å²) in [4.78, 5) is 4.23. The van der Waals surface area contributed by atoms with Crippen LogP contribution in [0.4, 0.5) is 11.4 Å². The molecule has 0 radical (unpaired) electrons. The Labute approximate surface area is 111 Å². The molecule has 0 aliphatic rings. The molecule has 1 aromatic carbocycles. The standard InChI is InChI=1S/C13H16ClN3O/c1-8(7-18)6-16-12-9-4-2-3-5-10(9)17-13(14)11(12)15/h2-5,8,18H,6-7,15H2,1H3,(H,16,17)/t8-/m1/s1. The predicted octanol–water partition coefficient (Wildman–Crippen LogP) is 2.51. The molecule has 0 unspecified atom stereocenters. The van der Waals surface area contributed by atoms with Gasteiger partial charge in [0.05, 0.1) is 16.9 Å². The minimum atomic E-state index is 0.129. The summed E-state index contributed by atoms with van der Waals surface area (Å²) in [6, 6.07) is 7.67. The van der Waals surface area contributed by atoms with E-state index in [1.54, 1.807) is 0 Å². The molecule has 0 bridgehead atoms. The summed E-state index contributed by atoms with van der Waals surface area (Å²) in [5.74, 6) is 0.148. The minimum Gasteiger partial charge on any atom is -0.396 e. The van der Waals surface area contributed by atoms with Gasteiger partial charge in [-0.05, 0) is 12.0 Å². The van der Waals surface area contributed by atoms with Crippen LogP contribution in [0.5, 0.6) is 0 Å². The van der Waals surface area contributed by atoms with Crippen molar-refractivity contribution in [3.8, 4) is 0 Å². The summed E-state index contributed by atoms with van der Waals surface area (Å²) in [6.45, 7) is 2.71. The van der Waals surface area contributed by atoms with Gasteiger partial charge in [0.15, 0.2) is 5.15 Å². The van der Waals surface area contributed by atoms with Crippen molar-refractivity contribution < 1.29 is 5.11 Å². The van der Waals surface area contributed by atoms with Gasteiger partial charge in [0.25, 0.3) is 0 Å². The van der Waals surface area contributed by atoms with Crippen LogP contribution in [-0.4, -0.2) is 23.2 Å². The van der Waals surface area contributed by atoms with E-state index < -0.39 is 0 Å². The van der Waals surface area contributed by atoms with E-state index in [-0.39, 0.29) is 12.5 Å². The van der Waals surface area contributed by atoms with Crippen molar-refractivity contribution in [2.24, 2.45) is 5.92 Å². The van der Waals surface area contributed by atoms with Gasteiger partial charge in [-0.2, -0.15) is 0 Å². The van der Waals surface area contributed by atoms with E-state index in [0.29, 0.717) is 17.4 Å². The van der Waals surface area contributed by atoms with Crippen LogP contribution in [0.1, 0.15) is 6.92 Å². The van der Waals surface area contributed by atoms with E-state index in [1.165, 1.54) is 0 Å². The molecule has 1 aromatic heterocycles. The van der Waals surface area contributed by atoms with E-state index in [9.17, 15) is 0 Å². The lowest BCUT2D eigenvalue weighted by atomic mass is 10.1. The predicted molar refractivity (Wildman–Crippen MR) is 75.9 cm³/mol. The number of fused-ring (bicyclic) bond motifs is 1. The first-order chi connectivity index (χ1) is 8.63. The molecule has 4 N–H and O–H groups in total. The molecule has 0 aliphatic heterocycles. The van der Waals surface area contributed by atoms with Gasteiger partial charge in [-0.1, -0.05) is 36.7 Å². The second kappa shape index (κ2) is 5.42. The number of hydrogen-bond donors (Lipinski definition) is 3. The highest BCUT2D eigenvalue weighted by Gasteiger charge is 2.11. The van der Waals surface area contributed by atoms with Crippen molar-refractivity contribution in [2.75, 3.05) is 24.2 Å². The van der Waals surface area contributed by atoms with Crippen molar-refractivity contribution in [3.05, 3.63) is 29.4 Å². The van der Waals surface area contributed by atoms with Crippen molar-refractivity contribution in [3.63, 3.8) is 0 Å². The SMILES string of the molecule is C[C@@H](CO)CNc1c(N)c(Cl)nc2ccccc12. The van der Waals surface area contributed by atoms with Gasteiger partial charge in [-0.25, -0.2) is 4.98 Å². The lowest BCUT2D eigenvalue weighted by Gasteiger charge is -2.15. The summed E-state index contributed by atoms with van der Waals surface area (Å²) in [6.07, 6.45) is 0. The number of nitrogens with two attached hydrogens (primary N) is 1. The number of nitrogen functional groups attached to an aromatic ring is 1. The van der Waals surface area contributed by atoms with Crippen molar-refractivity contribution in [1.29, 1.82) is 0 Å². The van der Waals surface area contributed by atoms with Gasteiger partial charge < -0.3 is 16.2 Å². The second-order valence-corrected chi connectivity index (χ2v) is 4.74. The van der Waals surface area contributed by atoms with Crippen LogP contribution in [-0.2, 0) is 0 Å². The highest BCUT2D eigenvalue weighted by molar-refractivity contribution is 6.33. The van der Waals surface area contributed by atoms with Crippen LogP contribution in [0.15, 0.2) is 24.3 Å². The number of nitrogens with zero attached hydrogens (tertiary/aromatic N) is 1. The Hall–Kier alpha value is -1.52. The third kappa shape index (κ3) is 2.49. The molecule has 1 atom stereocenters. The fourth-order valence-corrected chi connectivity index (χ4v) is 1.91. The largest absolute Gasteiger partial charge is 0.396 e. The highest BCUT2D eigenvalue weighted by atomic mass is 35.5. The molecular weight excluding hydrogens is 250 g/mol. The highest BCUT2D eigenvalue weighted by Crippen LogP contribution is 2.33. The number of nitrogens with one attached hydrogen (secondary N) is 1. The number of aromatic nitrogens is 1. The number of aliphatic hydroxyl groups is 1.